The Hall–Kier alpha value is -3.22. The Balaban J connectivity index is 1.30. The topological polar surface area (TPSA) is 90.6 Å². The number of likely N-dealkylation sites (tertiary alicyclic amines) is 1. The van der Waals surface area contributed by atoms with E-state index in [1.54, 1.807) is 12.4 Å². The van der Waals surface area contributed by atoms with E-state index in [-0.39, 0.29) is 5.91 Å². The highest BCUT2D eigenvalue weighted by atomic mass is 16.2. The third kappa shape index (κ3) is 3.26. The minimum atomic E-state index is 0.0889. The van der Waals surface area contributed by atoms with E-state index in [9.17, 15) is 4.79 Å². The maximum absolute atomic E-state index is 13.0. The molecule has 1 amide bonds. The van der Waals surface area contributed by atoms with Gasteiger partial charge in [-0.15, -0.1) is 0 Å². The lowest BCUT2D eigenvalue weighted by Gasteiger charge is -2.31. The van der Waals surface area contributed by atoms with Crippen molar-refractivity contribution < 1.29 is 4.79 Å². The van der Waals surface area contributed by atoms with Crippen molar-refractivity contribution >= 4 is 28.1 Å². The van der Waals surface area contributed by atoms with E-state index in [2.05, 4.69) is 44.8 Å². The Bertz CT molecular complexity index is 1150. The molecule has 148 valence electrons. The third-order valence-electron chi connectivity index (χ3n) is 5.80. The van der Waals surface area contributed by atoms with E-state index in [1.165, 1.54) is 5.69 Å². The van der Waals surface area contributed by atoms with Crippen molar-refractivity contribution in [3.8, 4) is 0 Å². The summed E-state index contributed by atoms with van der Waals surface area (Å²) in [4.78, 5) is 35.0. The quantitative estimate of drug-likeness (QED) is 0.555. The molecule has 0 saturated carbocycles. The molecule has 0 aliphatic carbocycles. The number of benzene rings is 1. The van der Waals surface area contributed by atoms with E-state index in [1.807, 2.05) is 23.1 Å². The summed E-state index contributed by atoms with van der Waals surface area (Å²) in [5.41, 5.74) is 5.44. The molecule has 1 aliphatic rings. The molecule has 0 radical (unpaired) electrons. The summed E-state index contributed by atoms with van der Waals surface area (Å²) in [6.07, 6.45) is 5.27. The predicted molar refractivity (Wildman–Crippen MR) is 112 cm³/mol. The van der Waals surface area contributed by atoms with Crippen molar-refractivity contribution in [3.63, 3.8) is 0 Å². The van der Waals surface area contributed by atoms with Gasteiger partial charge in [0.25, 0.3) is 5.91 Å². The molecule has 2 N–H and O–H groups in total. The monoisotopic (exact) mass is 388 g/mol. The van der Waals surface area contributed by atoms with Crippen LogP contribution < -0.4 is 0 Å². The van der Waals surface area contributed by atoms with Gasteiger partial charge in [0.2, 0.25) is 0 Å². The molecule has 1 saturated heterocycles. The van der Waals surface area contributed by atoms with Crippen LogP contribution in [0, 0.1) is 0 Å². The van der Waals surface area contributed by atoms with Crippen molar-refractivity contribution in [1.82, 2.24) is 29.8 Å². The molecule has 1 fully saturated rings. The summed E-state index contributed by atoms with van der Waals surface area (Å²) in [6, 6.07) is 7.83. The highest BCUT2D eigenvalue weighted by Gasteiger charge is 2.26. The summed E-state index contributed by atoms with van der Waals surface area (Å²) in [6.45, 7) is 5.70. The average Bonchev–Trinajstić information content (AvgIpc) is 3.37. The Kier molecular flexibility index (Phi) is 4.30. The number of piperidine rings is 1. The van der Waals surface area contributed by atoms with Crippen molar-refractivity contribution in [2.24, 2.45) is 0 Å². The lowest BCUT2D eigenvalue weighted by Crippen LogP contribution is -2.38. The Morgan fingerprint density at radius 1 is 1.07 bits per heavy atom. The minimum Gasteiger partial charge on any atom is -0.342 e. The molecular formula is C22H24N6O. The highest BCUT2D eigenvalue weighted by molar-refractivity contribution is 5.97. The van der Waals surface area contributed by atoms with Crippen LogP contribution in [0.4, 0.5) is 0 Å². The number of carbonyl (C=O) groups is 1. The second-order valence-corrected chi connectivity index (χ2v) is 8.09. The second kappa shape index (κ2) is 6.99. The summed E-state index contributed by atoms with van der Waals surface area (Å²) >= 11 is 0. The van der Waals surface area contributed by atoms with Crippen LogP contribution in [0.5, 0.6) is 0 Å². The molecule has 0 unspecified atom stereocenters. The number of aromatic nitrogens is 5. The van der Waals surface area contributed by atoms with Gasteiger partial charge in [0.1, 0.15) is 11.3 Å². The first-order valence-corrected chi connectivity index (χ1v) is 10.2. The Morgan fingerprint density at radius 3 is 2.62 bits per heavy atom. The Morgan fingerprint density at radius 2 is 1.86 bits per heavy atom. The van der Waals surface area contributed by atoms with Gasteiger partial charge < -0.3 is 14.9 Å². The highest BCUT2D eigenvalue weighted by Crippen LogP contribution is 2.30. The van der Waals surface area contributed by atoms with E-state index in [4.69, 9.17) is 0 Å². The lowest BCUT2D eigenvalue weighted by molar-refractivity contribution is 0.0712. The van der Waals surface area contributed by atoms with Crippen LogP contribution in [0.1, 0.15) is 60.4 Å². The SMILES string of the molecule is CC(C)c1nc2ccc(C(=O)N3CCC(c4cc5nccnc5[nH]4)CC3)cc2[nH]1. The number of nitrogens with one attached hydrogen (secondary N) is 2. The maximum Gasteiger partial charge on any atom is 0.253 e. The van der Waals surface area contributed by atoms with E-state index in [0.29, 0.717) is 17.4 Å². The average molecular weight is 388 g/mol. The molecule has 7 nitrogen and oxygen atoms in total. The van der Waals surface area contributed by atoms with Crippen LogP contribution in [0.2, 0.25) is 0 Å². The zero-order valence-corrected chi connectivity index (χ0v) is 16.6. The van der Waals surface area contributed by atoms with Gasteiger partial charge in [-0.05, 0) is 37.1 Å². The number of aromatic amines is 2. The van der Waals surface area contributed by atoms with Gasteiger partial charge in [-0.2, -0.15) is 0 Å². The Labute approximate surface area is 168 Å². The first kappa shape index (κ1) is 17.8. The molecule has 0 bridgehead atoms. The molecule has 4 heterocycles. The summed E-state index contributed by atoms with van der Waals surface area (Å²) < 4.78 is 0. The van der Waals surface area contributed by atoms with Gasteiger partial charge in [-0.25, -0.2) is 9.97 Å². The molecule has 29 heavy (non-hydrogen) atoms. The third-order valence-corrected chi connectivity index (χ3v) is 5.80. The normalized spacial score (nSPS) is 15.6. The molecule has 4 aromatic rings. The number of hydrogen-bond donors (Lipinski definition) is 2. The largest absolute Gasteiger partial charge is 0.342 e. The van der Waals surface area contributed by atoms with Gasteiger partial charge in [-0.1, -0.05) is 13.8 Å². The van der Waals surface area contributed by atoms with Gasteiger partial charge in [-0.3, -0.25) is 9.78 Å². The van der Waals surface area contributed by atoms with Gasteiger partial charge in [0, 0.05) is 48.6 Å². The number of nitrogens with zero attached hydrogens (tertiary/aromatic N) is 4. The molecule has 5 rings (SSSR count). The molecular weight excluding hydrogens is 364 g/mol. The zero-order valence-electron chi connectivity index (χ0n) is 16.6. The molecule has 1 aliphatic heterocycles. The molecule has 7 heteroatoms. The molecule has 0 spiro atoms. The van der Waals surface area contributed by atoms with Gasteiger partial charge in [0.15, 0.2) is 5.65 Å². The first-order valence-electron chi connectivity index (χ1n) is 10.2. The second-order valence-electron chi connectivity index (χ2n) is 8.09. The van der Waals surface area contributed by atoms with Crippen molar-refractivity contribution in [2.45, 2.75) is 38.5 Å². The molecule has 0 atom stereocenters. The van der Waals surface area contributed by atoms with Crippen LogP contribution in [0.15, 0.2) is 36.7 Å². The van der Waals surface area contributed by atoms with E-state index < -0.39 is 0 Å². The predicted octanol–water partition coefficient (Wildman–Crippen LogP) is 3.98. The summed E-state index contributed by atoms with van der Waals surface area (Å²) in [5, 5.41) is 0. The minimum absolute atomic E-state index is 0.0889. The van der Waals surface area contributed by atoms with Crippen LogP contribution in [0.25, 0.3) is 22.2 Å². The number of carbonyl (C=O) groups excluding carboxylic acids is 1. The number of hydrogen-bond acceptors (Lipinski definition) is 4. The van der Waals surface area contributed by atoms with E-state index >= 15 is 0 Å². The molecule has 1 aromatic carbocycles. The summed E-state index contributed by atoms with van der Waals surface area (Å²) in [5.74, 6) is 1.77. The fraction of sp³-hybridized carbons (Fsp3) is 0.364. The fourth-order valence-corrected chi connectivity index (χ4v) is 4.10. The first-order chi connectivity index (χ1) is 14.1. The number of amides is 1. The van der Waals surface area contributed by atoms with E-state index in [0.717, 1.165) is 54.0 Å². The van der Waals surface area contributed by atoms with Crippen LogP contribution >= 0.6 is 0 Å². The van der Waals surface area contributed by atoms with Crippen LogP contribution in [-0.4, -0.2) is 48.8 Å². The summed E-state index contributed by atoms with van der Waals surface area (Å²) in [7, 11) is 0. The molecule has 3 aromatic heterocycles. The smallest absolute Gasteiger partial charge is 0.253 e. The van der Waals surface area contributed by atoms with Gasteiger partial charge >= 0.3 is 0 Å². The number of H-pyrrole nitrogens is 2. The van der Waals surface area contributed by atoms with Crippen LogP contribution in [-0.2, 0) is 0 Å². The van der Waals surface area contributed by atoms with Crippen molar-refractivity contribution in [3.05, 3.63) is 53.7 Å². The van der Waals surface area contributed by atoms with Crippen molar-refractivity contribution in [1.29, 1.82) is 0 Å². The maximum atomic E-state index is 13.0. The lowest BCUT2D eigenvalue weighted by atomic mass is 9.93. The number of imidazole rings is 1. The van der Waals surface area contributed by atoms with Crippen molar-refractivity contribution in [2.75, 3.05) is 13.1 Å². The van der Waals surface area contributed by atoms with Crippen LogP contribution in [0.3, 0.4) is 0 Å². The number of fused-ring (bicyclic) bond motifs is 2. The van der Waals surface area contributed by atoms with Gasteiger partial charge in [0.05, 0.1) is 11.0 Å². The standard InChI is InChI=1S/C22H24N6O/c1-13(2)20-25-16-4-3-15(11-18(16)27-20)22(29)28-9-5-14(6-10-28)17-12-19-21(26-17)24-8-7-23-19/h3-4,7-8,11-14H,5-6,9-10H2,1-2H3,(H,24,26)(H,25,27). The number of rotatable bonds is 3. The fourth-order valence-electron chi connectivity index (χ4n) is 4.10. The zero-order chi connectivity index (χ0) is 20.0.